The maximum absolute atomic E-state index is 13.9. The predicted molar refractivity (Wildman–Crippen MR) is 68.2 cm³/mol. The van der Waals surface area contributed by atoms with E-state index in [9.17, 15) is 9.18 Å². The number of carbonyl (C=O) groups excluding carboxylic acids is 1. The molecule has 2 aliphatic heterocycles. The molecule has 0 aliphatic carbocycles. The van der Waals surface area contributed by atoms with Gasteiger partial charge in [0.05, 0.1) is 13.0 Å². The van der Waals surface area contributed by atoms with E-state index in [1.54, 1.807) is 12.1 Å². The van der Waals surface area contributed by atoms with Crippen LogP contribution >= 0.6 is 0 Å². The second-order valence-electron chi connectivity index (χ2n) is 5.26. The summed E-state index contributed by atoms with van der Waals surface area (Å²) < 4.78 is 18.9. The van der Waals surface area contributed by atoms with Crippen molar-refractivity contribution >= 4 is 5.91 Å². The van der Waals surface area contributed by atoms with Gasteiger partial charge in [-0.15, -0.1) is 0 Å². The molecule has 3 rings (SSSR count). The number of methoxy groups -OCH3 is 1. The van der Waals surface area contributed by atoms with Crippen LogP contribution in [0.2, 0.25) is 0 Å². The van der Waals surface area contributed by atoms with Gasteiger partial charge in [-0.2, -0.15) is 0 Å². The predicted octanol–water partition coefficient (Wildman–Crippen LogP) is 1.01. The van der Waals surface area contributed by atoms with Crippen LogP contribution in [0.5, 0.6) is 5.75 Å². The van der Waals surface area contributed by atoms with Crippen LogP contribution in [-0.4, -0.2) is 37.6 Å². The lowest BCUT2D eigenvalue weighted by Crippen LogP contribution is -2.28. The number of likely N-dealkylation sites (tertiary alicyclic amines) is 1. The van der Waals surface area contributed by atoms with Crippen molar-refractivity contribution in [1.29, 1.82) is 0 Å². The monoisotopic (exact) mass is 264 g/mol. The number of benzene rings is 1. The van der Waals surface area contributed by atoms with E-state index in [4.69, 9.17) is 4.74 Å². The summed E-state index contributed by atoms with van der Waals surface area (Å²) in [6.07, 6.45) is 0. The first-order chi connectivity index (χ1) is 9.17. The average molecular weight is 264 g/mol. The summed E-state index contributed by atoms with van der Waals surface area (Å²) in [4.78, 5) is 13.7. The summed E-state index contributed by atoms with van der Waals surface area (Å²) in [6.45, 7) is 2.89. The Morgan fingerprint density at radius 3 is 3.00 bits per heavy atom. The van der Waals surface area contributed by atoms with Gasteiger partial charge in [-0.25, -0.2) is 4.39 Å². The zero-order valence-corrected chi connectivity index (χ0v) is 10.9. The quantitative estimate of drug-likeness (QED) is 0.886. The topological polar surface area (TPSA) is 41.6 Å². The molecule has 19 heavy (non-hydrogen) atoms. The minimum Gasteiger partial charge on any atom is -0.497 e. The number of nitrogens with one attached hydrogen (secondary N) is 1. The van der Waals surface area contributed by atoms with Gasteiger partial charge in [-0.3, -0.25) is 9.69 Å². The summed E-state index contributed by atoms with van der Waals surface area (Å²) >= 11 is 0. The Labute approximate surface area is 111 Å². The minimum absolute atomic E-state index is 0.0845. The molecule has 2 saturated heterocycles. The Bertz CT molecular complexity index is 506. The summed E-state index contributed by atoms with van der Waals surface area (Å²) in [7, 11) is 1.52. The van der Waals surface area contributed by atoms with Crippen LogP contribution in [-0.2, 0) is 11.3 Å². The Morgan fingerprint density at radius 1 is 1.47 bits per heavy atom. The van der Waals surface area contributed by atoms with E-state index in [-0.39, 0.29) is 17.6 Å². The molecule has 2 heterocycles. The fraction of sp³-hybridized carbons (Fsp3) is 0.500. The zero-order chi connectivity index (χ0) is 13.4. The van der Waals surface area contributed by atoms with Crippen molar-refractivity contribution in [2.24, 2.45) is 11.8 Å². The number of halogens is 1. The van der Waals surface area contributed by atoms with Crippen molar-refractivity contribution in [3.8, 4) is 5.75 Å². The standard InChI is InChI=1S/C14H17FN2O2/c1-19-11-3-2-9(13(15)4-11)6-17-7-10-5-16-14(18)12(10)8-17/h2-4,10,12H,5-8H2,1H3,(H,16,18)/t10-,12+/m0/s1. The lowest BCUT2D eigenvalue weighted by Gasteiger charge is -2.17. The Kier molecular flexibility index (Phi) is 3.14. The van der Waals surface area contributed by atoms with Crippen LogP contribution in [0, 0.1) is 17.7 Å². The third kappa shape index (κ3) is 2.30. The van der Waals surface area contributed by atoms with Gasteiger partial charge in [-0.1, -0.05) is 6.07 Å². The normalized spacial score (nSPS) is 26.3. The average Bonchev–Trinajstić information content (AvgIpc) is 2.94. The third-order valence-electron chi connectivity index (χ3n) is 4.05. The molecule has 4 nitrogen and oxygen atoms in total. The molecule has 0 bridgehead atoms. The van der Waals surface area contributed by atoms with Crippen LogP contribution in [0.4, 0.5) is 4.39 Å². The van der Waals surface area contributed by atoms with Crippen molar-refractivity contribution in [3.63, 3.8) is 0 Å². The van der Waals surface area contributed by atoms with E-state index in [0.717, 1.165) is 19.6 Å². The molecule has 2 atom stereocenters. The number of amides is 1. The number of hydrogen-bond acceptors (Lipinski definition) is 3. The van der Waals surface area contributed by atoms with Crippen LogP contribution in [0.25, 0.3) is 0 Å². The highest BCUT2D eigenvalue weighted by Crippen LogP contribution is 2.29. The summed E-state index contributed by atoms with van der Waals surface area (Å²) in [5.74, 6) is 0.887. The van der Waals surface area contributed by atoms with Gasteiger partial charge >= 0.3 is 0 Å². The van der Waals surface area contributed by atoms with Crippen molar-refractivity contribution in [1.82, 2.24) is 10.2 Å². The molecule has 0 saturated carbocycles. The van der Waals surface area contributed by atoms with Gasteiger partial charge in [-0.05, 0) is 6.07 Å². The molecular weight excluding hydrogens is 247 g/mol. The molecule has 5 heteroatoms. The van der Waals surface area contributed by atoms with Crippen LogP contribution in [0.15, 0.2) is 18.2 Å². The first kappa shape index (κ1) is 12.4. The van der Waals surface area contributed by atoms with Crippen molar-refractivity contribution in [2.75, 3.05) is 26.7 Å². The highest BCUT2D eigenvalue weighted by Gasteiger charge is 2.41. The summed E-state index contributed by atoms with van der Waals surface area (Å²) in [6, 6.07) is 4.92. The summed E-state index contributed by atoms with van der Waals surface area (Å²) in [5, 5.41) is 2.88. The van der Waals surface area contributed by atoms with Crippen LogP contribution in [0.1, 0.15) is 5.56 Å². The second-order valence-corrected chi connectivity index (χ2v) is 5.26. The van der Waals surface area contributed by atoms with E-state index < -0.39 is 0 Å². The Hall–Kier alpha value is -1.62. The number of nitrogens with zero attached hydrogens (tertiary/aromatic N) is 1. The Morgan fingerprint density at radius 2 is 2.32 bits per heavy atom. The molecule has 0 aromatic heterocycles. The highest BCUT2D eigenvalue weighted by atomic mass is 19.1. The molecule has 102 valence electrons. The van der Waals surface area contributed by atoms with Gasteiger partial charge in [0, 0.05) is 43.7 Å². The molecular formula is C14H17FN2O2. The maximum Gasteiger partial charge on any atom is 0.224 e. The molecule has 2 fully saturated rings. The Balaban J connectivity index is 1.68. The molecule has 1 aromatic carbocycles. The molecule has 1 aromatic rings. The van der Waals surface area contributed by atoms with Crippen molar-refractivity contribution in [3.05, 3.63) is 29.6 Å². The van der Waals surface area contributed by atoms with Crippen molar-refractivity contribution in [2.45, 2.75) is 6.54 Å². The molecule has 1 N–H and O–H groups in total. The first-order valence-corrected chi connectivity index (χ1v) is 6.50. The number of carbonyl (C=O) groups is 1. The van der Waals surface area contributed by atoms with Gasteiger partial charge in [0.1, 0.15) is 11.6 Å². The number of fused-ring (bicyclic) bond motifs is 1. The van der Waals surface area contributed by atoms with E-state index >= 15 is 0 Å². The molecule has 2 aliphatic rings. The van der Waals surface area contributed by atoms with Gasteiger partial charge < -0.3 is 10.1 Å². The molecule has 1 amide bonds. The largest absolute Gasteiger partial charge is 0.497 e. The fourth-order valence-corrected chi connectivity index (χ4v) is 2.98. The second kappa shape index (κ2) is 4.81. The number of ether oxygens (including phenoxy) is 1. The fourth-order valence-electron chi connectivity index (χ4n) is 2.98. The lowest BCUT2D eigenvalue weighted by atomic mass is 10.0. The van der Waals surface area contributed by atoms with E-state index in [1.807, 2.05) is 0 Å². The van der Waals surface area contributed by atoms with Gasteiger partial charge in [0.15, 0.2) is 0 Å². The number of hydrogen-bond donors (Lipinski definition) is 1. The van der Waals surface area contributed by atoms with E-state index in [1.165, 1.54) is 13.2 Å². The highest BCUT2D eigenvalue weighted by molar-refractivity contribution is 5.81. The maximum atomic E-state index is 13.9. The van der Waals surface area contributed by atoms with E-state index in [2.05, 4.69) is 10.2 Å². The first-order valence-electron chi connectivity index (χ1n) is 6.50. The lowest BCUT2D eigenvalue weighted by molar-refractivity contribution is -0.122. The SMILES string of the molecule is COc1ccc(CN2C[C@@H]3CNC(=O)[C@@H]3C2)c(F)c1. The minimum atomic E-state index is -0.249. The van der Waals surface area contributed by atoms with Gasteiger partial charge in [0.2, 0.25) is 5.91 Å². The number of rotatable bonds is 3. The van der Waals surface area contributed by atoms with Crippen molar-refractivity contribution < 1.29 is 13.9 Å². The summed E-state index contributed by atoms with van der Waals surface area (Å²) in [5.41, 5.74) is 0.654. The van der Waals surface area contributed by atoms with Crippen LogP contribution < -0.4 is 10.1 Å². The van der Waals surface area contributed by atoms with E-state index in [0.29, 0.717) is 23.8 Å². The smallest absolute Gasteiger partial charge is 0.224 e. The zero-order valence-electron chi connectivity index (χ0n) is 10.9. The van der Waals surface area contributed by atoms with Gasteiger partial charge in [0.25, 0.3) is 0 Å². The van der Waals surface area contributed by atoms with Crippen LogP contribution in [0.3, 0.4) is 0 Å². The molecule has 0 radical (unpaired) electrons. The molecule has 0 spiro atoms. The third-order valence-corrected chi connectivity index (χ3v) is 4.05. The molecule has 0 unspecified atom stereocenters.